The molecule has 1 atom stereocenters. The minimum absolute atomic E-state index is 0.0763. The van der Waals surface area contributed by atoms with Crippen molar-refractivity contribution in [3.05, 3.63) is 64.7 Å². The number of fused-ring (bicyclic) bond motifs is 1. The summed E-state index contributed by atoms with van der Waals surface area (Å²) in [7, 11) is 0. The van der Waals surface area contributed by atoms with Gasteiger partial charge in [-0.15, -0.1) is 0 Å². The minimum atomic E-state index is -0.379. The number of hydrogen-bond acceptors (Lipinski definition) is 5. The number of carbonyl (C=O) groups excluding carboxylic acids is 2. The Hall–Kier alpha value is -2.70. The van der Waals surface area contributed by atoms with Crippen LogP contribution in [0.15, 0.2) is 42.5 Å². The first-order valence-electron chi connectivity index (χ1n) is 11.2. The molecule has 2 aliphatic heterocycles. The molecule has 6 nitrogen and oxygen atoms in total. The van der Waals surface area contributed by atoms with Gasteiger partial charge in [0.05, 0.1) is 12.7 Å². The summed E-state index contributed by atoms with van der Waals surface area (Å²) in [5.41, 5.74) is 10.3. The van der Waals surface area contributed by atoms with Crippen molar-refractivity contribution in [3.63, 3.8) is 0 Å². The lowest BCUT2D eigenvalue weighted by molar-refractivity contribution is 0.0289. The third-order valence-electron chi connectivity index (χ3n) is 6.42. The second-order valence-corrected chi connectivity index (χ2v) is 8.33. The van der Waals surface area contributed by atoms with E-state index in [1.165, 1.54) is 16.8 Å². The fourth-order valence-electron chi connectivity index (χ4n) is 4.52. The largest absolute Gasteiger partial charge is 0.373 e. The number of benzene rings is 2. The molecular formula is C25H31N3O3. The van der Waals surface area contributed by atoms with Crippen molar-refractivity contribution >= 4 is 17.4 Å². The topological polar surface area (TPSA) is 75.9 Å². The van der Waals surface area contributed by atoms with Gasteiger partial charge < -0.3 is 15.4 Å². The zero-order valence-corrected chi connectivity index (χ0v) is 18.2. The van der Waals surface area contributed by atoms with Gasteiger partial charge in [-0.3, -0.25) is 14.5 Å². The van der Waals surface area contributed by atoms with Gasteiger partial charge in [0, 0.05) is 56.0 Å². The fraction of sp³-hybridized carbons (Fsp3) is 0.440. The fourth-order valence-corrected chi connectivity index (χ4v) is 4.52. The summed E-state index contributed by atoms with van der Waals surface area (Å²) in [5, 5.41) is 0. The van der Waals surface area contributed by atoms with E-state index in [0.29, 0.717) is 18.6 Å². The number of piperazine rings is 1. The molecule has 1 saturated heterocycles. The van der Waals surface area contributed by atoms with Gasteiger partial charge in [0.2, 0.25) is 5.91 Å². The van der Waals surface area contributed by atoms with Gasteiger partial charge in [-0.25, -0.2) is 0 Å². The van der Waals surface area contributed by atoms with Crippen molar-refractivity contribution in [2.24, 2.45) is 5.73 Å². The summed E-state index contributed by atoms with van der Waals surface area (Å²) < 4.78 is 6.05. The van der Waals surface area contributed by atoms with E-state index in [9.17, 15) is 9.59 Å². The van der Waals surface area contributed by atoms with Crippen molar-refractivity contribution in [3.8, 4) is 0 Å². The zero-order valence-electron chi connectivity index (χ0n) is 18.2. The smallest absolute Gasteiger partial charge is 0.248 e. The molecule has 2 aliphatic rings. The molecule has 31 heavy (non-hydrogen) atoms. The Morgan fingerprint density at radius 1 is 1.03 bits per heavy atom. The van der Waals surface area contributed by atoms with Gasteiger partial charge in [0.15, 0.2) is 5.78 Å². The molecule has 164 valence electrons. The van der Waals surface area contributed by atoms with Crippen LogP contribution in [0.25, 0.3) is 0 Å². The van der Waals surface area contributed by atoms with E-state index in [1.54, 1.807) is 6.07 Å². The van der Waals surface area contributed by atoms with Gasteiger partial charge in [-0.05, 0) is 60.4 Å². The van der Waals surface area contributed by atoms with Gasteiger partial charge in [0.25, 0.3) is 0 Å². The molecule has 0 radical (unpaired) electrons. The number of carbonyl (C=O) groups is 2. The third-order valence-corrected chi connectivity index (χ3v) is 6.42. The molecule has 0 aromatic heterocycles. The van der Waals surface area contributed by atoms with E-state index in [2.05, 4.69) is 21.9 Å². The van der Waals surface area contributed by atoms with E-state index >= 15 is 0 Å². The molecule has 2 N–H and O–H groups in total. The third kappa shape index (κ3) is 4.97. The molecule has 2 aromatic carbocycles. The second-order valence-electron chi connectivity index (χ2n) is 8.33. The van der Waals surface area contributed by atoms with Crippen LogP contribution in [-0.4, -0.2) is 55.9 Å². The molecule has 1 fully saturated rings. The molecule has 6 heteroatoms. The summed E-state index contributed by atoms with van der Waals surface area (Å²) in [5.74, 6) is -0.191. The molecule has 0 bridgehead atoms. The lowest BCUT2D eigenvalue weighted by Crippen LogP contribution is -2.47. The van der Waals surface area contributed by atoms with E-state index in [-0.39, 0.29) is 17.8 Å². The molecule has 0 aliphatic carbocycles. The number of nitrogens with two attached hydrogens (primary N) is 1. The predicted octanol–water partition coefficient (Wildman–Crippen LogP) is 3.20. The molecule has 2 heterocycles. The van der Waals surface area contributed by atoms with Crippen molar-refractivity contribution < 1.29 is 14.3 Å². The Labute approximate surface area is 184 Å². The van der Waals surface area contributed by atoms with Crippen molar-refractivity contribution in [2.75, 3.05) is 44.2 Å². The molecule has 1 amide bonds. The average molecular weight is 422 g/mol. The number of ketones is 1. The maximum atomic E-state index is 11.8. The molecule has 4 rings (SSSR count). The highest BCUT2D eigenvalue weighted by Crippen LogP contribution is 2.31. The quantitative estimate of drug-likeness (QED) is 0.695. The summed E-state index contributed by atoms with van der Waals surface area (Å²) in [4.78, 5) is 28.1. The summed E-state index contributed by atoms with van der Waals surface area (Å²) >= 11 is 0. The first-order chi connectivity index (χ1) is 15.0. The first-order valence-corrected chi connectivity index (χ1v) is 11.2. The van der Waals surface area contributed by atoms with Crippen LogP contribution in [0.5, 0.6) is 0 Å². The summed E-state index contributed by atoms with van der Waals surface area (Å²) in [6, 6.07) is 13.7. The molecule has 1 unspecified atom stereocenters. The van der Waals surface area contributed by atoms with Crippen LogP contribution in [0, 0.1) is 0 Å². The normalized spacial score (nSPS) is 19.1. The maximum absolute atomic E-state index is 11.8. The second kappa shape index (κ2) is 9.62. The molecule has 2 aromatic rings. The number of anilines is 1. The first kappa shape index (κ1) is 21.5. The Balaban J connectivity index is 1.29. The van der Waals surface area contributed by atoms with Crippen LogP contribution in [0.3, 0.4) is 0 Å². The van der Waals surface area contributed by atoms with Crippen LogP contribution in [0.4, 0.5) is 5.69 Å². The highest BCUT2D eigenvalue weighted by Gasteiger charge is 2.24. The Morgan fingerprint density at radius 2 is 1.74 bits per heavy atom. The molecule has 0 spiro atoms. The monoisotopic (exact) mass is 421 g/mol. The number of nitrogens with zero attached hydrogens (tertiary/aromatic N) is 2. The Bertz CT molecular complexity index is 934. The number of ether oxygens (including phenoxy) is 1. The standard InChI is InChI=1S/C25H31N3O3/c1-2-23(29)18-3-6-21(7-4-18)28-14-12-27(13-15-28)11-9-24-22-8-5-20(25(26)30)17-19(22)10-16-31-24/h3-8,17,24H,2,9-16H2,1H3,(H2,26,30). The van der Waals surface area contributed by atoms with Crippen LogP contribution in [-0.2, 0) is 11.2 Å². The molecule has 0 saturated carbocycles. The average Bonchev–Trinajstić information content (AvgIpc) is 2.82. The van der Waals surface area contributed by atoms with E-state index in [1.807, 2.05) is 31.2 Å². The Morgan fingerprint density at radius 3 is 2.42 bits per heavy atom. The number of rotatable bonds is 7. The lowest BCUT2D eigenvalue weighted by Gasteiger charge is -2.37. The van der Waals surface area contributed by atoms with Crippen LogP contribution < -0.4 is 10.6 Å². The van der Waals surface area contributed by atoms with Crippen molar-refractivity contribution in [1.82, 2.24) is 4.90 Å². The Kier molecular flexibility index (Phi) is 6.68. The highest BCUT2D eigenvalue weighted by molar-refractivity contribution is 5.96. The van der Waals surface area contributed by atoms with E-state index in [4.69, 9.17) is 10.5 Å². The zero-order chi connectivity index (χ0) is 21.8. The predicted molar refractivity (Wildman–Crippen MR) is 122 cm³/mol. The highest BCUT2D eigenvalue weighted by atomic mass is 16.5. The van der Waals surface area contributed by atoms with Gasteiger partial charge >= 0.3 is 0 Å². The van der Waals surface area contributed by atoms with Crippen LogP contribution in [0.1, 0.15) is 57.7 Å². The SMILES string of the molecule is CCC(=O)c1ccc(N2CCN(CCC3OCCc4cc(C(N)=O)ccc43)CC2)cc1. The van der Waals surface area contributed by atoms with Crippen LogP contribution in [0.2, 0.25) is 0 Å². The number of primary amides is 1. The van der Waals surface area contributed by atoms with E-state index in [0.717, 1.165) is 51.1 Å². The number of hydrogen-bond donors (Lipinski definition) is 1. The van der Waals surface area contributed by atoms with Gasteiger partial charge in [-0.2, -0.15) is 0 Å². The summed E-state index contributed by atoms with van der Waals surface area (Å²) in [6.45, 7) is 7.54. The number of Topliss-reactive ketones (excluding diaryl/α,β-unsaturated/α-hetero) is 1. The maximum Gasteiger partial charge on any atom is 0.248 e. The molecular weight excluding hydrogens is 390 g/mol. The minimum Gasteiger partial charge on any atom is -0.373 e. The lowest BCUT2D eigenvalue weighted by atomic mass is 9.93. The summed E-state index contributed by atoms with van der Waals surface area (Å²) in [6.07, 6.45) is 2.39. The van der Waals surface area contributed by atoms with Crippen molar-refractivity contribution in [2.45, 2.75) is 32.3 Å². The number of amides is 1. The van der Waals surface area contributed by atoms with E-state index < -0.39 is 0 Å². The van der Waals surface area contributed by atoms with Gasteiger partial charge in [-0.1, -0.05) is 13.0 Å². The van der Waals surface area contributed by atoms with Gasteiger partial charge in [0.1, 0.15) is 0 Å². The van der Waals surface area contributed by atoms with Crippen LogP contribution >= 0.6 is 0 Å². The van der Waals surface area contributed by atoms with Crippen molar-refractivity contribution in [1.29, 1.82) is 0 Å².